The molecule has 1 heterocycles. The Labute approximate surface area is 160 Å². The van der Waals surface area contributed by atoms with Crippen LogP contribution in [0.25, 0.3) is 11.3 Å². The summed E-state index contributed by atoms with van der Waals surface area (Å²) in [7, 11) is 0. The van der Waals surface area contributed by atoms with Crippen LogP contribution >= 0.6 is 11.3 Å². The number of anilines is 2. The van der Waals surface area contributed by atoms with Crippen molar-refractivity contribution in [2.24, 2.45) is 0 Å². The van der Waals surface area contributed by atoms with Gasteiger partial charge in [0.15, 0.2) is 5.13 Å². The first-order chi connectivity index (χ1) is 12.8. The lowest BCUT2D eigenvalue weighted by molar-refractivity contribution is -0.383. The highest BCUT2D eigenvalue weighted by Crippen LogP contribution is 2.30. The number of carbonyl (C=O) groups excluding carboxylic acids is 1. The molecule has 3 rings (SSSR count). The second kappa shape index (κ2) is 7.16. The fraction of sp³-hybridized carbons (Fsp3) is 0.158. The fourth-order valence-corrected chi connectivity index (χ4v) is 3.41. The van der Waals surface area contributed by atoms with Crippen molar-refractivity contribution in [1.82, 2.24) is 4.98 Å². The molecule has 1 aromatic heterocycles. The first-order valence-corrected chi connectivity index (χ1v) is 9.03. The standard InChI is InChI=1S/C19H18N4O3S/c1-10-6-12(3)14(7-11(10)2)16-9-27-19(21-16)22-18(24)13-4-5-15(20)17(8-13)23(25)26/h4-9H,20H2,1-3H3,(H,21,22,24). The zero-order valence-corrected chi connectivity index (χ0v) is 15.9. The molecule has 0 aliphatic carbocycles. The number of benzene rings is 2. The molecule has 0 saturated heterocycles. The smallest absolute Gasteiger partial charge is 0.292 e. The average molecular weight is 382 g/mol. The number of hydrogen-bond donors (Lipinski definition) is 2. The molecule has 0 saturated carbocycles. The maximum atomic E-state index is 12.4. The van der Waals surface area contributed by atoms with E-state index < -0.39 is 10.8 Å². The summed E-state index contributed by atoms with van der Waals surface area (Å²) in [5.74, 6) is -0.476. The summed E-state index contributed by atoms with van der Waals surface area (Å²) in [5.41, 5.74) is 10.7. The molecule has 27 heavy (non-hydrogen) atoms. The lowest BCUT2D eigenvalue weighted by atomic mass is 9.99. The molecule has 0 bridgehead atoms. The summed E-state index contributed by atoms with van der Waals surface area (Å²) in [6, 6.07) is 8.13. The third-order valence-corrected chi connectivity index (χ3v) is 5.09. The quantitative estimate of drug-likeness (QED) is 0.393. The third-order valence-electron chi connectivity index (χ3n) is 4.33. The lowest BCUT2D eigenvalue weighted by Gasteiger charge is -2.07. The van der Waals surface area contributed by atoms with Crippen molar-refractivity contribution in [1.29, 1.82) is 0 Å². The van der Waals surface area contributed by atoms with Gasteiger partial charge in [-0.15, -0.1) is 11.3 Å². The molecule has 1 amide bonds. The largest absolute Gasteiger partial charge is 0.393 e. The predicted octanol–water partition coefficient (Wildman–Crippen LogP) is 4.48. The van der Waals surface area contributed by atoms with Crippen LogP contribution in [0.4, 0.5) is 16.5 Å². The highest BCUT2D eigenvalue weighted by atomic mass is 32.1. The Hall–Kier alpha value is -3.26. The molecule has 138 valence electrons. The molecule has 8 heteroatoms. The van der Waals surface area contributed by atoms with E-state index in [-0.39, 0.29) is 16.9 Å². The van der Waals surface area contributed by atoms with Gasteiger partial charge in [0.2, 0.25) is 0 Å². The maximum absolute atomic E-state index is 12.4. The molecule has 2 aromatic carbocycles. The van der Waals surface area contributed by atoms with Crippen molar-refractivity contribution < 1.29 is 9.72 Å². The predicted molar refractivity (Wildman–Crippen MR) is 107 cm³/mol. The maximum Gasteiger partial charge on any atom is 0.292 e. The zero-order chi connectivity index (χ0) is 19.7. The number of nitro groups is 1. The van der Waals surface area contributed by atoms with Crippen LogP contribution in [0.3, 0.4) is 0 Å². The van der Waals surface area contributed by atoms with Crippen LogP contribution < -0.4 is 11.1 Å². The van der Waals surface area contributed by atoms with Gasteiger partial charge >= 0.3 is 0 Å². The number of hydrogen-bond acceptors (Lipinski definition) is 6. The second-order valence-electron chi connectivity index (χ2n) is 6.27. The number of amides is 1. The number of thiazole rings is 1. The minimum absolute atomic E-state index is 0.0123. The Kier molecular flexibility index (Phi) is 4.91. The fourth-order valence-electron chi connectivity index (χ4n) is 2.70. The first-order valence-electron chi connectivity index (χ1n) is 8.15. The van der Waals surface area contributed by atoms with Crippen LogP contribution in [0.2, 0.25) is 0 Å². The highest BCUT2D eigenvalue weighted by molar-refractivity contribution is 7.14. The number of nitrogens with one attached hydrogen (secondary N) is 1. The molecule has 0 spiro atoms. The van der Waals surface area contributed by atoms with Crippen molar-refractivity contribution in [2.45, 2.75) is 20.8 Å². The van der Waals surface area contributed by atoms with Gasteiger partial charge in [-0.2, -0.15) is 0 Å². The molecular weight excluding hydrogens is 364 g/mol. The molecule has 0 aliphatic rings. The highest BCUT2D eigenvalue weighted by Gasteiger charge is 2.17. The average Bonchev–Trinajstić information content (AvgIpc) is 3.06. The molecular formula is C19H18N4O3S. The SMILES string of the molecule is Cc1cc(C)c(-c2csc(NC(=O)c3ccc(N)c([N+](=O)[O-])c3)n2)cc1C. The first kappa shape index (κ1) is 18.5. The van der Waals surface area contributed by atoms with Crippen molar-refractivity contribution in [3.8, 4) is 11.3 Å². The minimum Gasteiger partial charge on any atom is -0.393 e. The van der Waals surface area contributed by atoms with E-state index in [1.165, 1.54) is 34.6 Å². The van der Waals surface area contributed by atoms with Crippen LogP contribution in [0.15, 0.2) is 35.7 Å². The van der Waals surface area contributed by atoms with Gasteiger partial charge in [0.25, 0.3) is 11.6 Å². The van der Waals surface area contributed by atoms with Crippen molar-refractivity contribution in [3.05, 3.63) is 68.1 Å². The van der Waals surface area contributed by atoms with Crippen LogP contribution in [-0.4, -0.2) is 15.8 Å². The number of aromatic nitrogens is 1. The number of nitro benzene ring substituents is 1. The molecule has 0 aliphatic heterocycles. The molecule has 0 unspecified atom stereocenters. The summed E-state index contributed by atoms with van der Waals surface area (Å²) < 4.78 is 0. The van der Waals surface area contributed by atoms with E-state index in [0.29, 0.717) is 5.13 Å². The van der Waals surface area contributed by atoms with Crippen LogP contribution in [0.5, 0.6) is 0 Å². The van der Waals surface area contributed by atoms with E-state index in [1.54, 1.807) is 0 Å². The summed E-state index contributed by atoms with van der Waals surface area (Å²) in [5, 5.41) is 16.0. The van der Waals surface area contributed by atoms with Gasteiger partial charge in [0.1, 0.15) is 5.69 Å². The van der Waals surface area contributed by atoms with Crippen LogP contribution in [0, 0.1) is 30.9 Å². The van der Waals surface area contributed by atoms with Gasteiger partial charge in [-0.05, 0) is 55.7 Å². The second-order valence-corrected chi connectivity index (χ2v) is 7.13. The molecule has 7 nitrogen and oxygen atoms in total. The number of nitrogens with zero attached hydrogens (tertiary/aromatic N) is 2. The summed E-state index contributed by atoms with van der Waals surface area (Å²) in [4.78, 5) is 27.3. The van der Waals surface area contributed by atoms with Gasteiger partial charge in [-0.1, -0.05) is 6.07 Å². The Morgan fingerprint density at radius 2 is 1.85 bits per heavy atom. The van der Waals surface area contributed by atoms with Crippen LogP contribution in [-0.2, 0) is 0 Å². The molecule has 3 aromatic rings. The Morgan fingerprint density at radius 1 is 1.15 bits per heavy atom. The number of carbonyl (C=O) groups is 1. The van der Waals surface area contributed by atoms with E-state index in [2.05, 4.69) is 29.4 Å². The van der Waals surface area contributed by atoms with E-state index in [1.807, 2.05) is 19.2 Å². The molecule has 0 fully saturated rings. The van der Waals surface area contributed by atoms with Gasteiger partial charge in [0.05, 0.1) is 10.6 Å². The van der Waals surface area contributed by atoms with Gasteiger partial charge in [-0.3, -0.25) is 20.2 Å². The molecule has 0 atom stereocenters. The zero-order valence-electron chi connectivity index (χ0n) is 15.1. The number of aryl methyl sites for hydroxylation is 3. The number of rotatable bonds is 4. The van der Waals surface area contributed by atoms with E-state index in [0.717, 1.165) is 22.9 Å². The Morgan fingerprint density at radius 3 is 2.56 bits per heavy atom. The number of nitrogens with two attached hydrogens (primary N) is 1. The van der Waals surface area contributed by atoms with Crippen LogP contribution in [0.1, 0.15) is 27.0 Å². The normalized spacial score (nSPS) is 10.6. The van der Waals surface area contributed by atoms with Crippen molar-refractivity contribution >= 4 is 33.8 Å². The summed E-state index contributed by atoms with van der Waals surface area (Å²) in [6.45, 7) is 6.12. The van der Waals surface area contributed by atoms with E-state index >= 15 is 0 Å². The molecule has 0 radical (unpaired) electrons. The summed E-state index contributed by atoms with van der Waals surface area (Å²) >= 11 is 1.30. The minimum atomic E-state index is -0.615. The van der Waals surface area contributed by atoms with Gasteiger partial charge < -0.3 is 5.73 Å². The Balaban J connectivity index is 1.84. The van der Waals surface area contributed by atoms with E-state index in [9.17, 15) is 14.9 Å². The van der Waals surface area contributed by atoms with Gasteiger partial charge in [0, 0.05) is 22.6 Å². The van der Waals surface area contributed by atoms with Crippen molar-refractivity contribution in [2.75, 3.05) is 11.1 Å². The topological polar surface area (TPSA) is 111 Å². The Bertz CT molecular complexity index is 1060. The van der Waals surface area contributed by atoms with Gasteiger partial charge in [-0.25, -0.2) is 4.98 Å². The monoisotopic (exact) mass is 382 g/mol. The molecule has 3 N–H and O–H groups in total. The lowest BCUT2D eigenvalue weighted by Crippen LogP contribution is -2.12. The summed E-state index contributed by atoms with van der Waals surface area (Å²) in [6.07, 6.45) is 0. The number of nitrogen functional groups attached to an aromatic ring is 1. The van der Waals surface area contributed by atoms with E-state index in [4.69, 9.17) is 5.73 Å². The third kappa shape index (κ3) is 3.80. The van der Waals surface area contributed by atoms with Crippen molar-refractivity contribution in [3.63, 3.8) is 0 Å².